The maximum Gasteiger partial charge on any atom is 0.225 e. The number of halogens is 1. The van der Waals surface area contributed by atoms with Crippen molar-refractivity contribution in [2.75, 3.05) is 13.6 Å². The van der Waals surface area contributed by atoms with E-state index in [9.17, 15) is 4.79 Å². The Balaban J connectivity index is 0.00000261. The summed E-state index contributed by atoms with van der Waals surface area (Å²) in [5.41, 5.74) is 9.23. The number of rotatable bonds is 8. The van der Waals surface area contributed by atoms with E-state index in [-0.39, 0.29) is 30.3 Å². The van der Waals surface area contributed by atoms with Crippen LogP contribution in [-0.4, -0.2) is 40.6 Å². The number of amides is 1. The second-order valence-corrected chi connectivity index (χ2v) is 7.48. The molecule has 148 valence electrons. The van der Waals surface area contributed by atoms with Gasteiger partial charge in [-0.15, -0.1) is 12.4 Å². The number of hydrogen-bond donors (Lipinski definition) is 2. The van der Waals surface area contributed by atoms with Crippen LogP contribution in [0.25, 0.3) is 11.3 Å². The third-order valence-corrected chi connectivity index (χ3v) is 5.34. The number of aryl methyl sites for hydroxylation is 1. The van der Waals surface area contributed by atoms with Gasteiger partial charge in [-0.05, 0) is 44.6 Å². The molecule has 1 aliphatic carbocycles. The first-order valence-corrected chi connectivity index (χ1v) is 9.73. The number of nitrogens with zero attached hydrogens (tertiary/aromatic N) is 2. The molecule has 1 aromatic heterocycles. The zero-order valence-corrected chi connectivity index (χ0v) is 16.9. The second kappa shape index (κ2) is 10.5. The molecule has 27 heavy (non-hydrogen) atoms. The van der Waals surface area contributed by atoms with E-state index in [4.69, 9.17) is 5.73 Å². The van der Waals surface area contributed by atoms with Crippen LogP contribution in [0.15, 0.2) is 36.4 Å². The molecular weight excluding hydrogens is 360 g/mol. The van der Waals surface area contributed by atoms with Crippen molar-refractivity contribution in [2.45, 2.75) is 51.0 Å². The van der Waals surface area contributed by atoms with Crippen molar-refractivity contribution in [1.29, 1.82) is 0 Å². The predicted molar refractivity (Wildman–Crippen MR) is 112 cm³/mol. The van der Waals surface area contributed by atoms with Gasteiger partial charge in [0.1, 0.15) is 0 Å². The van der Waals surface area contributed by atoms with E-state index in [0.29, 0.717) is 0 Å². The summed E-state index contributed by atoms with van der Waals surface area (Å²) >= 11 is 0. The molecule has 0 aliphatic heterocycles. The molecule has 0 spiro atoms. The maximum atomic E-state index is 12.4. The van der Waals surface area contributed by atoms with Crippen molar-refractivity contribution in [3.63, 3.8) is 0 Å². The standard InChI is InChI=1S/C21H30N4O.ClH/c1-25(21(26)17-11-12-18(22)14-17)13-7-3-6-10-19-15-20(24-23-19)16-8-4-2-5-9-16;/h2,4-5,8-9,15,17-18H,3,6-7,10-14,22H2,1H3,(H,23,24);1H. The molecular formula is C21H31ClN4O. The average molecular weight is 391 g/mol. The summed E-state index contributed by atoms with van der Waals surface area (Å²) in [7, 11) is 1.92. The number of unbranched alkanes of at least 4 members (excludes halogenated alkanes) is 2. The minimum atomic E-state index is 0. The van der Waals surface area contributed by atoms with E-state index in [2.05, 4.69) is 28.4 Å². The lowest BCUT2D eigenvalue weighted by molar-refractivity contribution is -0.134. The lowest BCUT2D eigenvalue weighted by Gasteiger charge is -2.21. The molecule has 1 aromatic carbocycles. The summed E-state index contributed by atoms with van der Waals surface area (Å²) in [6, 6.07) is 12.6. The molecule has 0 radical (unpaired) electrons. The summed E-state index contributed by atoms with van der Waals surface area (Å²) in [6.07, 6.45) is 7.05. The molecule has 2 aromatic rings. The molecule has 1 heterocycles. The van der Waals surface area contributed by atoms with E-state index in [1.807, 2.05) is 30.1 Å². The molecule has 1 fully saturated rings. The summed E-state index contributed by atoms with van der Waals surface area (Å²) in [5, 5.41) is 7.54. The van der Waals surface area contributed by atoms with Gasteiger partial charge < -0.3 is 10.6 Å². The van der Waals surface area contributed by atoms with Gasteiger partial charge in [-0.25, -0.2) is 0 Å². The van der Waals surface area contributed by atoms with Crippen molar-refractivity contribution < 1.29 is 4.79 Å². The van der Waals surface area contributed by atoms with E-state index in [1.54, 1.807) is 0 Å². The van der Waals surface area contributed by atoms with Crippen molar-refractivity contribution >= 4 is 18.3 Å². The Labute approximate surface area is 168 Å². The molecule has 1 amide bonds. The first-order valence-electron chi connectivity index (χ1n) is 9.73. The Morgan fingerprint density at radius 3 is 2.70 bits per heavy atom. The van der Waals surface area contributed by atoms with Crippen LogP contribution in [0.3, 0.4) is 0 Å². The van der Waals surface area contributed by atoms with Gasteiger partial charge in [0.15, 0.2) is 0 Å². The normalized spacial score (nSPS) is 18.9. The molecule has 6 heteroatoms. The lowest BCUT2D eigenvalue weighted by Crippen LogP contribution is -2.33. The van der Waals surface area contributed by atoms with E-state index < -0.39 is 0 Å². The van der Waals surface area contributed by atoms with Crippen LogP contribution in [-0.2, 0) is 11.2 Å². The van der Waals surface area contributed by atoms with Gasteiger partial charge >= 0.3 is 0 Å². The Kier molecular flexibility index (Phi) is 8.32. The number of aromatic nitrogens is 2. The van der Waals surface area contributed by atoms with Crippen LogP contribution in [0, 0.1) is 5.92 Å². The molecule has 2 atom stereocenters. The predicted octanol–water partition coefficient (Wildman–Crippen LogP) is 3.80. The van der Waals surface area contributed by atoms with Gasteiger partial charge in [-0.3, -0.25) is 9.89 Å². The highest BCUT2D eigenvalue weighted by molar-refractivity contribution is 5.85. The fourth-order valence-electron chi connectivity index (χ4n) is 3.75. The quantitative estimate of drug-likeness (QED) is 0.673. The zero-order chi connectivity index (χ0) is 18.4. The number of carbonyl (C=O) groups excluding carboxylic acids is 1. The molecule has 5 nitrogen and oxygen atoms in total. The van der Waals surface area contributed by atoms with Crippen LogP contribution in [0.4, 0.5) is 0 Å². The molecule has 0 saturated heterocycles. The average Bonchev–Trinajstić information content (AvgIpc) is 3.30. The van der Waals surface area contributed by atoms with Gasteiger partial charge in [-0.1, -0.05) is 36.8 Å². The number of nitrogens with two attached hydrogens (primary N) is 1. The van der Waals surface area contributed by atoms with Crippen LogP contribution in [0.5, 0.6) is 0 Å². The summed E-state index contributed by atoms with van der Waals surface area (Å²) in [5.74, 6) is 0.426. The first kappa shape index (κ1) is 21.5. The van der Waals surface area contributed by atoms with Crippen molar-refractivity contribution in [1.82, 2.24) is 15.1 Å². The monoisotopic (exact) mass is 390 g/mol. The van der Waals surface area contributed by atoms with Crippen LogP contribution >= 0.6 is 12.4 Å². The molecule has 3 rings (SSSR count). The smallest absolute Gasteiger partial charge is 0.225 e. The number of nitrogens with one attached hydrogen (secondary N) is 1. The highest BCUT2D eigenvalue weighted by atomic mass is 35.5. The fraction of sp³-hybridized carbons (Fsp3) is 0.524. The summed E-state index contributed by atoms with van der Waals surface area (Å²) < 4.78 is 0. The Hall–Kier alpha value is -1.85. The van der Waals surface area contributed by atoms with Gasteiger partial charge in [0.25, 0.3) is 0 Å². The number of benzene rings is 1. The second-order valence-electron chi connectivity index (χ2n) is 7.48. The van der Waals surface area contributed by atoms with Gasteiger partial charge in [0.05, 0.1) is 5.69 Å². The Morgan fingerprint density at radius 2 is 2.00 bits per heavy atom. The van der Waals surface area contributed by atoms with Gasteiger partial charge in [-0.2, -0.15) is 5.10 Å². The summed E-state index contributed by atoms with van der Waals surface area (Å²) in [6.45, 7) is 0.836. The van der Waals surface area contributed by atoms with Crippen LogP contribution in [0.1, 0.15) is 44.2 Å². The molecule has 1 saturated carbocycles. The Morgan fingerprint density at radius 1 is 1.22 bits per heavy atom. The first-order chi connectivity index (χ1) is 12.6. The maximum absolute atomic E-state index is 12.4. The zero-order valence-electron chi connectivity index (χ0n) is 16.1. The number of H-pyrrole nitrogens is 1. The highest BCUT2D eigenvalue weighted by Gasteiger charge is 2.29. The van der Waals surface area contributed by atoms with Crippen molar-refractivity contribution in [2.24, 2.45) is 11.7 Å². The molecule has 2 unspecified atom stereocenters. The fourth-order valence-corrected chi connectivity index (χ4v) is 3.75. The van der Waals surface area contributed by atoms with E-state index in [1.165, 1.54) is 5.69 Å². The third kappa shape index (κ3) is 6.08. The van der Waals surface area contributed by atoms with E-state index in [0.717, 1.165) is 62.7 Å². The van der Waals surface area contributed by atoms with Crippen molar-refractivity contribution in [3.8, 4) is 11.3 Å². The van der Waals surface area contributed by atoms with Gasteiger partial charge in [0.2, 0.25) is 5.91 Å². The number of carbonyl (C=O) groups is 1. The number of aromatic amines is 1. The number of hydrogen-bond acceptors (Lipinski definition) is 3. The van der Waals surface area contributed by atoms with E-state index >= 15 is 0 Å². The molecule has 0 bridgehead atoms. The van der Waals surface area contributed by atoms with Crippen LogP contribution in [0.2, 0.25) is 0 Å². The minimum Gasteiger partial charge on any atom is -0.346 e. The summed E-state index contributed by atoms with van der Waals surface area (Å²) in [4.78, 5) is 14.3. The SMILES string of the molecule is CN(CCCCCc1cc(-c2ccccc2)n[nH]1)C(=O)C1CCC(N)C1.Cl. The third-order valence-electron chi connectivity index (χ3n) is 5.34. The lowest BCUT2D eigenvalue weighted by atomic mass is 10.1. The Bertz CT molecular complexity index is 703. The topological polar surface area (TPSA) is 75.0 Å². The largest absolute Gasteiger partial charge is 0.346 e. The molecule has 1 aliphatic rings. The minimum absolute atomic E-state index is 0. The van der Waals surface area contributed by atoms with Crippen LogP contribution < -0.4 is 5.73 Å². The molecule has 3 N–H and O–H groups in total. The van der Waals surface area contributed by atoms with Crippen molar-refractivity contribution in [3.05, 3.63) is 42.1 Å². The van der Waals surface area contributed by atoms with Gasteiger partial charge in [0, 0.05) is 36.8 Å². The highest BCUT2D eigenvalue weighted by Crippen LogP contribution is 2.25.